The van der Waals surface area contributed by atoms with Crippen LogP contribution in [0.2, 0.25) is 0 Å². The van der Waals surface area contributed by atoms with Gasteiger partial charge in [0.05, 0.1) is 11.8 Å². The highest BCUT2D eigenvalue weighted by Crippen LogP contribution is 2.29. The van der Waals surface area contributed by atoms with E-state index in [1.165, 1.54) is 6.92 Å². The lowest BCUT2D eigenvalue weighted by Crippen LogP contribution is -2.48. The van der Waals surface area contributed by atoms with Crippen molar-refractivity contribution in [1.29, 1.82) is 0 Å². The second-order valence-corrected chi connectivity index (χ2v) is 6.58. The van der Waals surface area contributed by atoms with Crippen LogP contribution in [-0.2, 0) is 14.4 Å². The summed E-state index contributed by atoms with van der Waals surface area (Å²) in [5.41, 5.74) is 0.673. The Hall–Kier alpha value is -2.57. The van der Waals surface area contributed by atoms with Crippen molar-refractivity contribution in [2.75, 3.05) is 37.6 Å². The Labute approximate surface area is 154 Å². The molecular formula is C19H27N3O4. The highest BCUT2D eigenvalue weighted by Gasteiger charge is 2.22. The molecule has 2 rings (SSSR count). The van der Waals surface area contributed by atoms with Gasteiger partial charge in [-0.1, -0.05) is 12.1 Å². The van der Waals surface area contributed by atoms with E-state index in [4.69, 9.17) is 4.74 Å². The zero-order valence-corrected chi connectivity index (χ0v) is 15.7. The van der Waals surface area contributed by atoms with Crippen molar-refractivity contribution in [3.8, 4) is 5.75 Å². The number of ether oxygens (including phenoxy) is 1. The van der Waals surface area contributed by atoms with Gasteiger partial charge in [-0.05, 0) is 26.0 Å². The minimum atomic E-state index is -0.136. The molecule has 7 heteroatoms. The van der Waals surface area contributed by atoms with Gasteiger partial charge in [0, 0.05) is 46.1 Å². The Balaban J connectivity index is 2.02. The van der Waals surface area contributed by atoms with Crippen LogP contribution in [-0.4, -0.2) is 66.9 Å². The lowest BCUT2D eigenvalue weighted by atomic mass is 10.2. The molecule has 0 atom stereocenters. The quantitative estimate of drug-likeness (QED) is 0.691. The van der Waals surface area contributed by atoms with E-state index in [2.05, 4.69) is 0 Å². The van der Waals surface area contributed by atoms with Crippen LogP contribution < -0.4 is 9.64 Å². The number of carbonyl (C=O) groups excluding carboxylic acids is 3. The molecular weight excluding hydrogens is 334 g/mol. The van der Waals surface area contributed by atoms with E-state index in [1.54, 1.807) is 14.7 Å². The average molecular weight is 361 g/mol. The molecule has 0 bridgehead atoms. The van der Waals surface area contributed by atoms with Crippen LogP contribution in [0, 0.1) is 0 Å². The van der Waals surface area contributed by atoms with Crippen LogP contribution in [0.15, 0.2) is 24.3 Å². The first-order valence-electron chi connectivity index (χ1n) is 8.93. The predicted molar refractivity (Wildman–Crippen MR) is 99.1 cm³/mol. The average Bonchev–Trinajstić information content (AvgIpc) is 2.62. The summed E-state index contributed by atoms with van der Waals surface area (Å²) in [5, 5.41) is 0. The van der Waals surface area contributed by atoms with Gasteiger partial charge >= 0.3 is 0 Å². The maximum atomic E-state index is 12.5. The van der Waals surface area contributed by atoms with Gasteiger partial charge in [0.2, 0.25) is 18.2 Å². The molecule has 1 aliphatic rings. The highest BCUT2D eigenvalue weighted by atomic mass is 16.5. The Morgan fingerprint density at radius 2 is 1.85 bits per heavy atom. The maximum Gasteiger partial charge on any atom is 0.224 e. The molecule has 1 aromatic carbocycles. The maximum absolute atomic E-state index is 12.5. The fourth-order valence-corrected chi connectivity index (χ4v) is 2.92. The lowest BCUT2D eigenvalue weighted by molar-refractivity contribution is -0.135. The summed E-state index contributed by atoms with van der Waals surface area (Å²) in [6.45, 7) is 7.80. The van der Waals surface area contributed by atoms with Gasteiger partial charge in [0.25, 0.3) is 0 Å². The minimum absolute atomic E-state index is 0.0101. The summed E-state index contributed by atoms with van der Waals surface area (Å²) in [5.74, 6) is 0.484. The van der Waals surface area contributed by atoms with E-state index in [-0.39, 0.29) is 24.3 Å². The van der Waals surface area contributed by atoms with Crippen molar-refractivity contribution < 1.29 is 19.1 Å². The first kappa shape index (κ1) is 19.8. The van der Waals surface area contributed by atoms with Crippen LogP contribution in [0.5, 0.6) is 5.75 Å². The fourth-order valence-electron chi connectivity index (χ4n) is 2.92. The van der Waals surface area contributed by atoms with E-state index in [1.807, 2.05) is 38.1 Å². The van der Waals surface area contributed by atoms with Gasteiger partial charge in [-0.25, -0.2) is 0 Å². The summed E-state index contributed by atoms with van der Waals surface area (Å²) >= 11 is 0. The molecule has 1 saturated heterocycles. The molecule has 0 aliphatic carbocycles. The Kier molecular flexibility index (Phi) is 7.00. The van der Waals surface area contributed by atoms with Crippen molar-refractivity contribution in [2.45, 2.75) is 33.3 Å². The molecule has 1 aliphatic heterocycles. The number of para-hydroxylation sites is 2. The topological polar surface area (TPSA) is 70.2 Å². The van der Waals surface area contributed by atoms with Crippen molar-refractivity contribution in [1.82, 2.24) is 9.80 Å². The molecule has 142 valence electrons. The van der Waals surface area contributed by atoms with E-state index < -0.39 is 0 Å². The SMILES string of the molecule is CC(=O)N(CCC(=O)N1CCN(C=O)CC1)c1ccccc1OC(C)C. The highest BCUT2D eigenvalue weighted by molar-refractivity contribution is 5.93. The van der Waals surface area contributed by atoms with Gasteiger partial charge in [0.15, 0.2) is 0 Å². The van der Waals surface area contributed by atoms with Crippen LogP contribution in [0.1, 0.15) is 27.2 Å². The van der Waals surface area contributed by atoms with Crippen LogP contribution in [0.4, 0.5) is 5.69 Å². The van der Waals surface area contributed by atoms with E-state index >= 15 is 0 Å². The molecule has 0 spiro atoms. The Bertz CT molecular complexity index is 639. The summed E-state index contributed by atoms with van der Waals surface area (Å²) in [4.78, 5) is 40.4. The molecule has 0 aromatic heterocycles. The predicted octanol–water partition coefficient (Wildman–Crippen LogP) is 1.52. The van der Waals surface area contributed by atoms with E-state index in [0.717, 1.165) is 6.41 Å². The summed E-state index contributed by atoms with van der Waals surface area (Å²) in [7, 11) is 0. The number of hydrogen-bond donors (Lipinski definition) is 0. The fraction of sp³-hybridized carbons (Fsp3) is 0.526. The Morgan fingerprint density at radius 3 is 2.42 bits per heavy atom. The third kappa shape index (κ3) is 5.21. The van der Waals surface area contributed by atoms with Crippen LogP contribution in [0.25, 0.3) is 0 Å². The molecule has 3 amide bonds. The van der Waals surface area contributed by atoms with Crippen molar-refractivity contribution in [2.24, 2.45) is 0 Å². The summed E-state index contributed by atoms with van der Waals surface area (Å²) < 4.78 is 5.80. The number of anilines is 1. The summed E-state index contributed by atoms with van der Waals surface area (Å²) in [6, 6.07) is 7.36. The summed E-state index contributed by atoms with van der Waals surface area (Å²) in [6.07, 6.45) is 1.03. The molecule has 1 heterocycles. The molecule has 7 nitrogen and oxygen atoms in total. The molecule has 0 radical (unpaired) electrons. The molecule has 26 heavy (non-hydrogen) atoms. The zero-order chi connectivity index (χ0) is 19.1. The van der Waals surface area contributed by atoms with Gasteiger partial charge in [0.1, 0.15) is 5.75 Å². The number of amides is 3. The number of rotatable bonds is 7. The lowest BCUT2D eigenvalue weighted by Gasteiger charge is -2.33. The number of piperazine rings is 1. The van der Waals surface area contributed by atoms with Gasteiger partial charge in [-0.2, -0.15) is 0 Å². The first-order chi connectivity index (χ1) is 12.4. The van der Waals surface area contributed by atoms with Crippen molar-refractivity contribution in [3.63, 3.8) is 0 Å². The zero-order valence-electron chi connectivity index (χ0n) is 15.7. The smallest absolute Gasteiger partial charge is 0.224 e. The standard InChI is InChI=1S/C19H27N3O4/c1-15(2)26-18-7-5-4-6-17(18)22(16(3)24)9-8-19(25)21-12-10-20(14-23)11-13-21/h4-7,14-15H,8-13H2,1-3H3. The number of nitrogens with zero attached hydrogens (tertiary/aromatic N) is 3. The minimum Gasteiger partial charge on any atom is -0.489 e. The second kappa shape index (κ2) is 9.22. The third-order valence-corrected chi connectivity index (χ3v) is 4.26. The monoisotopic (exact) mass is 361 g/mol. The van der Waals surface area contributed by atoms with E-state index in [9.17, 15) is 14.4 Å². The van der Waals surface area contributed by atoms with Crippen molar-refractivity contribution in [3.05, 3.63) is 24.3 Å². The van der Waals surface area contributed by atoms with Gasteiger partial charge < -0.3 is 19.4 Å². The normalized spacial score (nSPS) is 14.3. The third-order valence-electron chi connectivity index (χ3n) is 4.26. The van der Waals surface area contributed by atoms with Gasteiger partial charge in [-0.15, -0.1) is 0 Å². The molecule has 1 fully saturated rings. The van der Waals surface area contributed by atoms with Gasteiger partial charge in [-0.3, -0.25) is 14.4 Å². The number of hydrogen-bond acceptors (Lipinski definition) is 4. The molecule has 0 saturated carbocycles. The molecule has 0 N–H and O–H groups in total. The van der Waals surface area contributed by atoms with Crippen LogP contribution in [0.3, 0.4) is 0 Å². The first-order valence-corrected chi connectivity index (χ1v) is 8.93. The second-order valence-electron chi connectivity index (χ2n) is 6.58. The Morgan fingerprint density at radius 1 is 1.19 bits per heavy atom. The molecule has 0 unspecified atom stereocenters. The number of benzene rings is 1. The number of carbonyl (C=O) groups is 3. The van der Waals surface area contributed by atoms with Crippen molar-refractivity contribution >= 4 is 23.9 Å². The molecule has 1 aromatic rings. The largest absolute Gasteiger partial charge is 0.489 e. The van der Waals surface area contributed by atoms with Crippen LogP contribution >= 0.6 is 0 Å². The van der Waals surface area contributed by atoms with E-state index in [0.29, 0.717) is 44.2 Å².